The number of carboxylic acids is 1. The van der Waals surface area contributed by atoms with Gasteiger partial charge in [-0.15, -0.1) is 0 Å². The van der Waals surface area contributed by atoms with E-state index in [4.69, 9.17) is 11.6 Å². The fourth-order valence-electron chi connectivity index (χ4n) is 5.27. The number of anilines is 2. The van der Waals surface area contributed by atoms with Gasteiger partial charge in [-0.05, 0) is 72.2 Å². The fourth-order valence-corrected chi connectivity index (χ4v) is 5.46. The minimum Gasteiger partial charge on any atom is -0.481 e. The van der Waals surface area contributed by atoms with Crippen LogP contribution in [0.25, 0.3) is 11.1 Å². The van der Waals surface area contributed by atoms with Crippen molar-refractivity contribution in [3.8, 4) is 11.1 Å². The van der Waals surface area contributed by atoms with Crippen molar-refractivity contribution >= 4 is 28.9 Å². The Bertz CT molecular complexity index is 1100. The quantitative estimate of drug-likeness (QED) is 0.516. The third kappa shape index (κ3) is 2.92. The minimum absolute atomic E-state index is 0.139. The molecule has 2 N–H and O–H groups in total. The highest BCUT2D eigenvalue weighted by atomic mass is 35.5. The van der Waals surface area contributed by atoms with Gasteiger partial charge >= 0.3 is 5.97 Å². The molecule has 5 rings (SSSR count). The SMILES string of the molecule is O=C(O)C1CCC2(CC1)c1ccccc1-c1cccc(Nc3cccc(Cl)c3)c12. The number of hydrogen-bond donors (Lipinski definition) is 2. The zero-order valence-corrected chi connectivity index (χ0v) is 16.7. The smallest absolute Gasteiger partial charge is 0.306 e. The van der Waals surface area contributed by atoms with E-state index in [0.29, 0.717) is 17.9 Å². The molecule has 0 aromatic heterocycles. The zero-order chi connectivity index (χ0) is 20.0. The minimum atomic E-state index is -0.670. The van der Waals surface area contributed by atoms with Gasteiger partial charge in [0.1, 0.15) is 0 Å². The lowest BCUT2D eigenvalue weighted by Crippen LogP contribution is -2.34. The predicted octanol–water partition coefficient (Wildman–Crippen LogP) is 6.62. The number of carboxylic acid groups (broad SMARTS) is 1. The van der Waals surface area contributed by atoms with Crippen molar-refractivity contribution in [1.29, 1.82) is 0 Å². The highest BCUT2D eigenvalue weighted by Crippen LogP contribution is 2.58. The van der Waals surface area contributed by atoms with E-state index in [9.17, 15) is 9.90 Å². The monoisotopic (exact) mass is 403 g/mol. The molecule has 2 aliphatic carbocycles. The number of hydrogen-bond acceptors (Lipinski definition) is 2. The lowest BCUT2D eigenvalue weighted by atomic mass is 9.65. The summed E-state index contributed by atoms with van der Waals surface area (Å²) in [5.41, 5.74) is 7.04. The second kappa shape index (κ2) is 6.93. The molecule has 0 heterocycles. The second-order valence-corrected chi connectivity index (χ2v) is 8.54. The first-order chi connectivity index (χ1) is 14.1. The van der Waals surface area contributed by atoms with Gasteiger partial charge in [0.25, 0.3) is 0 Å². The molecule has 0 radical (unpaired) electrons. The lowest BCUT2D eigenvalue weighted by Gasteiger charge is -2.39. The Morgan fingerprint density at radius 2 is 1.69 bits per heavy atom. The number of aliphatic carboxylic acids is 1. The number of fused-ring (bicyclic) bond motifs is 5. The van der Waals surface area contributed by atoms with Crippen molar-refractivity contribution < 1.29 is 9.90 Å². The third-order valence-electron chi connectivity index (χ3n) is 6.57. The van der Waals surface area contributed by atoms with Crippen LogP contribution in [0.1, 0.15) is 36.8 Å². The van der Waals surface area contributed by atoms with Crippen LogP contribution in [-0.4, -0.2) is 11.1 Å². The molecule has 1 saturated carbocycles. The molecule has 0 aliphatic heterocycles. The van der Waals surface area contributed by atoms with Gasteiger partial charge in [-0.1, -0.05) is 54.1 Å². The van der Waals surface area contributed by atoms with E-state index in [2.05, 4.69) is 47.8 Å². The molecule has 0 amide bonds. The maximum Gasteiger partial charge on any atom is 0.306 e. The average molecular weight is 404 g/mol. The van der Waals surface area contributed by atoms with Gasteiger partial charge in [0.2, 0.25) is 0 Å². The van der Waals surface area contributed by atoms with Gasteiger partial charge in [-0.25, -0.2) is 0 Å². The summed E-state index contributed by atoms with van der Waals surface area (Å²) in [5, 5.41) is 13.8. The molecule has 0 unspecified atom stereocenters. The Morgan fingerprint density at radius 1 is 0.966 bits per heavy atom. The molecule has 1 spiro atoms. The summed E-state index contributed by atoms with van der Waals surface area (Å²) in [6.07, 6.45) is 3.10. The highest BCUT2D eigenvalue weighted by Gasteiger charge is 2.47. The first kappa shape index (κ1) is 18.3. The Hall–Kier alpha value is -2.78. The molecular weight excluding hydrogens is 382 g/mol. The summed E-state index contributed by atoms with van der Waals surface area (Å²) >= 11 is 6.19. The maximum atomic E-state index is 11.6. The van der Waals surface area contributed by atoms with Crippen LogP contribution in [-0.2, 0) is 10.2 Å². The number of nitrogens with one attached hydrogen (secondary N) is 1. The molecule has 146 valence electrons. The zero-order valence-electron chi connectivity index (χ0n) is 16.0. The van der Waals surface area contributed by atoms with Gasteiger partial charge in [-0.2, -0.15) is 0 Å². The summed E-state index contributed by atoms with van der Waals surface area (Å²) in [6.45, 7) is 0. The molecular formula is C25H22ClNO2. The van der Waals surface area contributed by atoms with Crippen LogP contribution in [0.5, 0.6) is 0 Å². The van der Waals surface area contributed by atoms with Crippen molar-refractivity contribution in [2.75, 3.05) is 5.32 Å². The van der Waals surface area contributed by atoms with Crippen LogP contribution in [0, 0.1) is 5.92 Å². The van der Waals surface area contributed by atoms with Crippen LogP contribution in [0.4, 0.5) is 11.4 Å². The average Bonchev–Trinajstić information content (AvgIpc) is 3.00. The molecule has 3 aromatic rings. The Morgan fingerprint density at radius 3 is 2.45 bits per heavy atom. The molecule has 2 aliphatic rings. The summed E-state index contributed by atoms with van der Waals surface area (Å²) in [5.74, 6) is -0.915. The van der Waals surface area contributed by atoms with Gasteiger partial charge in [0.15, 0.2) is 0 Å². The topological polar surface area (TPSA) is 49.3 Å². The first-order valence-corrected chi connectivity index (χ1v) is 10.4. The van der Waals surface area contributed by atoms with Gasteiger partial charge in [0.05, 0.1) is 5.92 Å². The van der Waals surface area contributed by atoms with Gasteiger partial charge in [0, 0.05) is 21.8 Å². The lowest BCUT2D eigenvalue weighted by molar-refractivity contribution is -0.143. The fraction of sp³-hybridized carbons (Fsp3) is 0.240. The number of rotatable bonds is 3. The van der Waals surface area contributed by atoms with E-state index in [1.807, 2.05) is 24.3 Å². The molecule has 3 nitrogen and oxygen atoms in total. The predicted molar refractivity (Wildman–Crippen MR) is 117 cm³/mol. The molecule has 3 aromatic carbocycles. The molecule has 4 heteroatoms. The Labute approximate surface area is 175 Å². The maximum absolute atomic E-state index is 11.6. The molecule has 0 atom stereocenters. The Balaban J connectivity index is 1.64. The summed E-state index contributed by atoms with van der Waals surface area (Å²) in [4.78, 5) is 11.6. The van der Waals surface area contributed by atoms with Crippen LogP contribution >= 0.6 is 11.6 Å². The van der Waals surface area contributed by atoms with E-state index in [-0.39, 0.29) is 11.3 Å². The molecule has 1 fully saturated rings. The van der Waals surface area contributed by atoms with E-state index in [0.717, 1.165) is 24.2 Å². The van der Waals surface area contributed by atoms with E-state index >= 15 is 0 Å². The van der Waals surface area contributed by atoms with Crippen LogP contribution in [0.3, 0.4) is 0 Å². The van der Waals surface area contributed by atoms with Crippen LogP contribution in [0.15, 0.2) is 66.7 Å². The summed E-state index contributed by atoms with van der Waals surface area (Å²) < 4.78 is 0. The van der Waals surface area contributed by atoms with Crippen LogP contribution < -0.4 is 5.32 Å². The Kier molecular flexibility index (Phi) is 4.36. The normalized spacial score (nSPS) is 22.2. The van der Waals surface area contributed by atoms with Crippen molar-refractivity contribution in [2.24, 2.45) is 5.92 Å². The summed E-state index contributed by atoms with van der Waals surface area (Å²) in [6, 6.07) is 22.7. The number of carbonyl (C=O) groups is 1. The van der Waals surface area contributed by atoms with E-state index < -0.39 is 5.97 Å². The van der Waals surface area contributed by atoms with Crippen molar-refractivity contribution in [2.45, 2.75) is 31.1 Å². The standard InChI is InChI=1S/C25H22ClNO2/c26-17-5-3-6-18(15-17)27-22-10-4-8-20-19-7-1-2-9-21(19)25(23(20)22)13-11-16(12-14-25)24(28)29/h1-10,15-16,27H,11-14H2,(H,28,29). The van der Waals surface area contributed by atoms with Gasteiger partial charge < -0.3 is 10.4 Å². The first-order valence-electron chi connectivity index (χ1n) is 10.1. The number of halogens is 1. The third-order valence-corrected chi connectivity index (χ3v) is 6.80. The largest absolute Gasteiger partial charge is 0.481 e. The van der Waals surface area contributed by atoms with Crippen LogP contribution in [0.2, 0.25) is 5.02 Å². The van der Waals surface area contributed by atoms with Crippen molar-refractivity contribution in [3.63, 3.8) is 0 Å². The van der Waals surface area contributed by atoms with E-state index in [1.165, 1.54) is 22.3 Å². The second-order valence-electron chi connectivity index (χ2n) is 8.10. The van der Waals surface area contributed by atoms with Gasteiger partial charge in [-0.3, -0.25) is 4.79 Å². The summed E-state index contributed by atoms with van der Waals surface area (Å²) in [7, 11) is 0. The number of benzene rings is 3. The van der Waals surface area contributed by atoms with Crippen molar-refractivity contribution in [1.82, 2.24) is 0 Å². The highest BCUT2D eigenvalue weighted by molar-refractivity contribution is 6.30. The molecule has 29 heavy (non-hydrogen) atoms. The van der Waals surface area contributed by atoms with Crippen molar-refractivity contribution in [3.05, 3.63) is 82.9 Å². The molecule has 0 bridgehead atoms. The van der Waals surface area contributed by atoms with E-state index in [1.54, 1.807) is 0 Å². The molecule has 0 saturated heterocycles.